The fraction of sp³-hybridized carbons (Fsp3) is 0.263. The van der Waals surface area contributed by atoms with Crippen LogP contribution in [0.2, 0.25) is 0 Å². The van der Waals surface area contributed by atoms with Crippen molar-refractivity contribution in [3.63, 3.8) is 0 Å². The number of hydrogen-bond acceptors (Lipinski definition) is 2. The highest BCUT2D eigenvalue weighted by molar-refractivity contribution is 5.89. The van der Waals surface area contributed by atoms with Crippen LogP contribution in [0, 0.1) is 5.82 Å². The summed E-state index contributed by atoms with van der Waals surface area (Å²) in [5, 5.41) is 12.0. The molecule has 2 rings (SSSR count). The monoisotopic (exact) mass is 329 g/mol. The van der Waals surface area contributed by atoms with Gasteiger partial charge in [0, 0.05) is 6.42 Å². The highest BCUT2D eigenvalue weighted by Crippen LogP contribution is 2.21. The van der Waals surface area contributed by atoms with E-state index in [4.69, 9.17) is 5.11 Å². The molecule has 0 saturated carbocycles. The largest absolute Gasteiger partial charge is 0.478 e. The molecule has 0 aliphatic rings. The Kier molecular flexibility index (Phi) is 5.34. The first-order valence-corrected chi connectivity index (χ1v) is 7.68. The van der Waals surface area contributed by atoms with Gasteiger partial charge in [-0.3, -0.25) is 4.79 Å². The minimum atomic E-state index is -1.01. The van der Waals surface area contributed by atoms with Crippen LogP contribution in [0.3, 0.4) is 0 Å². The summed E-state index contributed by atoms with van der Waals surface area (Å²) in [4.78, 5) is 23.4. The van der Waals surface area contributed by atoms with Crippen molar-refractivity contribution in [1.82, 2.24) is 5.32 Å². The molecule has 126 valence electrons. The molecule has 0 aliphatic heterocycles. The number of aromatic carboxylic acids is 1. The highest BCUT2D eigenvalue weighted by Gasteiger charge is 2.23. The Bertz CT molecular complexity index is 756. The van der Waals surface area contributed by atoms with Gasteiger partial charge in [0.15, 0.2) is 0 Å². The number of carbonyl (C=O) groups is 2. The van der Waals surface area contributed by atoms with E-state index in [2.05, 4.69) is 5.32 Å². The number of hydrogen-bond donors (Lipinski definition) is 2. The lowest BCUT2D eigenvalue weighted by Crippen LogP contribution is -2.41. The molecule has 0 unspecified atom stereocenters. The predicted octanol–water partition coefficient (Wildman–Crippen LogP) is 3.51. The van der Waals surface area contributed by atoms with Gasteiger partial charge in [-0.2, -0.15) is 0 Å². The van der Waals surface area contributed by atoms with Crippen LogP contribution in [-0.2, 0) is 16.8 Å². The zero-order valence-electron chi connectivity index (χ0n) is 13.7. The Morgan fingerprint density at radius 1 is 1.12 bits per heavy atom. The maximum absolute atomic E-state index is 13.4. The highest BCUT2D eigenvalue weighted by atomic mass is 19.1. The van der Waals surface area contributed by atoms with E-state index < -0.39 is 11.5 Å². The normalized spacial score (nSPS) is 11.1. The van der Waals surface area contributed by atoms with Crippen LogP contribution in [0.4, 0.5) is 4.39 Å². The van der Waals surface area contributed by atoms with Gasteiger partial charge in [0.05, 0.1) is 11.1 Å². The molecule has 0 heterocycles. The molecule has 2 aromatic rings. The summed E-state index contributed by atoms with van der Waals surface area (Å²) in [7, 11) is 0. The van der Waals surface area contributed by atoms with Gasteiger partial charge in [-0.1, -0.05) is 30.3 Å². The maximum Gasteiger partial charge on any atom is 0.335 e. The topological polar surface area (TPSA) is 66.4 Å². The number of carboxylic acid groups (broad SMARTS) is 1. The van der Waals surface area contributed by atoms with Crippen molar-refractivity contribution in [2.75, 3.05) is 0 Å². The quantitative estimate of drug-likeness (QED) is 0.852. The maximum atomic E-state index is 13.4. The van der Waals surface area contributed by atoms with Gasteiger partial charge < -0.3 is 10.4 Å². The van der Waals surface area contributed by atoms with E-state index in [1.54, 1.807) is 44.2 Å². The van der Waals surface area contributed by atoms with Gasteiger partial charge in [-0.25, -0.2) is 9.18 Å². The lowest BCUT2D eigenvalue weighted by atomic mass is 9.93. The van der Waals surface area contributed by atoms with Crippen LogP contribution in [-0.4, -0.2) is 17.0 Å². The molecule has 0 spiro atoms. The molecule has 24 heavy (non-hydrogen) atoms. The van der Waals surface area contributed by atoms with Crippen LogP contribution < -0.4 is 5.32 Å². The fourth-order valence-corrected chi connectivity index (χ4v) is 2.56. The van der Waals surface area contributed by atoms with E-state index in [-0.39, 0.29) is 23.7 Å². The van der Waals surface area contributed by atoms with E-state index in [1.807, 2.05) is 0 Å². The molecule has 0 aliphatic carbocycles. The van der Waals surface area contributed by atoms with Crippen LogP contribution in [0.1, 0.15) is 41.8 Å². The summed E-state index contributed by atoms with van der Waals surface area (Å²) in [5.74, 6) is -1.58. The molecule has 4 nitrogen and oxygen atoms in total. The van der Waals surface area contributed by atoms with Crippen molar-refractivity contribution in [1.29, 1.82) is 0 Å². The zero-order chi connectivity index (χ0) is 17.7. The number of carboxylic acids is 1. The molecule has 0 bridgehead atoms. The Hall–Kier alpha value is -2.69. The van der Waals surface area contributed by atoms with E-state index >= 15 is 0 Å². The second kappa shape index (κ2) is 7.25. The minimum absolute atomic E-state index is 0.156. The molecule has 0 fully saturated rings. The summed E-state index contributed by atoms with van der Waals surface area (Å²) in [6.07, 6.45) is 0.483. The second-order valence-corrected chi connectivity index (χ2v) is 6.15. The number of nitrogens with one attached hydrogen (secondary N) is 1. The average molecular weight is 329 g/mol. The van der Waals surface area contributed by atoms with E-state index in [0.717, 1.165) is 0 Å². The average Bonchev–Trinajstić information content (AvgIpc) is 2.52. The summed E-state index contributed by atoms with van der Waals surface area (Å²) < 4.78 is 13.4. The number of amides is 1. The molecular formula is C19H20FNO3. The van der Waals surface area contributed by atoms with Gasteiger partial charge in [0.1, 0.15) is 5.82 Å². The van der Waals surface area contributed by atoms with Gasteiger partial charge >= 0.3 is 5.97 Å². The number of carbonyl (C=O) groups excluding carboxylic acids is 1. The molecule has 5 heteroatoms. The second-order valence-electron chi connectivity index (χ2n) is 6.15. The van der Waals surface area contributed by atoms with Crippen LogP contribution in [0.15, 0.2) is 48.5 Å². The number of halogens is 1. The van der Waals surface area contributed by atoms with Crippen molar-refractivity contribution < 1.29 is 19.1 Å². The Morgan fingerprint density at radius 2 is 1.83 bits per heavy atom. The lowest BCUT2D eigenvalue weighted by Gasteiger charge is -2.27. The van der Waals surface area contributed by atoms with Gasteiger partial charge in [-0.15, -0.1) is 0 Å². The first-order chi connectivity index (χ1) is 11.3. The molecule has 2 aromatic carbocycles. The zero-order valence-corrected chi connectivity index (χ0v) is 13.7. The van der Waals surface area contributed by atoms with E-state index in [1.165, 1.54) is 18.2 Å². The third-order valence-corrected chi connectivity index (χ3v) is 3.87. The van der Waals surface area contributed by atoms with Gasteiger partial charge in [0.25, 0.3) is 0 Å². The third-order valence-electron chi connectivity index (χ3n) is 3.87. The first kappa shape index (κ1) is 17.7. The van der Waals surface area contributed by atoms with Crippen LogP contribution in [0.5, 0.6) is 0 Å². The number of aryl methyl sites for hydroxylation is 1. The standard InChI is InChI=1S/C19H20FNO3/c1-19(2,14-7-5-8-15(20)12-14)21-17(22)11-10-13-6-3-4-9-16(13)18(23)24/h3-9,12H,10-11H2,1-2H3,(H,21,22)(H,23,24). The SMILES string of the molecule is CC(C)(NC(=O)CCc1ccccc1C(=O)O)c1cccc(F)c1. The smallest absolute Gasteiger partial charge is 0.335 e. The van der Waals surface area contributed by atoms with Crippen molar-refractivity contribution >= 4 is 11.9 Å². The van der Waals surface area contributed by atoms with E-state index in [9.17, 15) is 14.0 Å². The Morgan fingerprint density at radius 3 is 2.50 bits per heavy atom. The van der Waals surface area contributed by atoms with Crippen molar-refractivity contribution in [3.05, 3.63) is 71.0 Å². The molecule has 0 atom stereocenters. The Balaban J connectivity index is 2.02. The van der Waals surface area contributed by atoms with Crippen molar-refractivity contribution in [3.8, 4) is 0 Å². The third kappa shape index (κ3) is 4.41. The molecule has 0 aromatic heterocycles. The minimum Gasteiger partial charge on any atom is -0.478 e. The fourth-order valence-electron chi connectivity index (χ4n) is 2.56. The first-order valence-electron chi connectivity index (χ1n) is 7.68. The van der Waals surface area contributed by atoms with E-state index in [0.29, 0.717) is 17.5 Å². The summed E-state index contributed by atoms with van der Waals surface area (Å²) in [6.45, 7) is 3.59. The summed E-state index contributed by atoms with van der Waals surface area (Å²) >= 11 is 0. The molecule has 2 N–H and O–H groups in total. The molecule has 1 amide bonds. The molecule has 0 saturated heterocycles. The Labute approximate surface area is 140 Å². The van der Waals surface area contributed by atoms with Crippen LogP contribution >= 0.6 is 0 Å². The summed E-state index contributed by atoms with van der Waals surface area (Å²) in [6, 6.07) is 12.7. The van der Waals surface area contributed by atoms with Gasteiger partial charge in [-0.05, 0) is 49.6 Å². The molecular weight excluding hydrogens is 309 g/mol. The lowest BCUT2D eigenvalue weighted by molar-refractivity contribution is -0.122. The predicted molar refractivity (Wildman–Crippen MR) is 89.3 cm³/mol. The van der Waals surface area contributed by atoms with Gasteiger partial charge in [0.2, 0.25) is 5.91 Å². The van der Waals surface area contributed by atoms with Crippen molar-refractivity contribution in [2.45, 2.75) is 32.2 Å². The summed E-state index contributed by atoms with van der Waals surface area (Å²) in [5.41, 5.74) is 0.770. The number of rotatable bonds is 6. The number of benzene rings is 2. The van der Waals surface area contributed by atoms with Crippen LogP contribution in [0.25, 0.3) is 0 Å². The molecule has 0 radical (unpaired) electrons. The van der Waals surface area contributed by atoms with Crippen molar-refractivity contribution in [2.24, 2.45) is 0 Å².